The van der Waals surface area contributed by atoms with Crippen LogP contribution in [-0.4, -0.2) is 26.4 Å². The van der Waals surface area contributed by atoms with Gasteiger partial charge in [0.2, 0.25) is 0 Å². The fraction of sp³-hybridized carbons (Fsp3) is 0.536. The Labute approximate surface area is 200 Å². The fourth-order valence-electron chi connectivity index (χ4n) is 7.32. The smallest absolute Gasteiger partial charge is 0.328 e. The van der Waals surface area contributed by atoms with Gasteiger partial charge in [0.1, 0.15) is 18.5 Å². The zero-order valence-electron chi connectivity index (χ0n) is 20.2. The molecule has 2 N–H and O–H groups in total. The molecule has 4 aliphatic rings. The number of fused-ring (bicyclic) bond motifs is 1. The minimum absolute atomic E-state index is 0.0735. The van der Waals surface area contributed by atoms with Gasteiger partial charge in [-0.2, -0.15) is 0 Å². The largest absolute Gasteiger partial charge is 0.491 e. The van der Waals surface area contributed by atoms with E-state index in [1.807, 2.05) is 30.3 Å². The number of benzene rings is 2. The Bertz CT molecular complexity index is 1220. The van der Waals surface area contributed by atoms with E-state index in [1.54, 1.807) is 23.2 Å². The highest BCUT2D eigenvalue weighted by Gasteiger charge is 2.50. The molecule has 2 aromatic carbocycles. The number of aliphatic hydroxyl groups excluding tert-OH is 1. The topological polar surface area (TPSA) is 68.4 Å². The summed E-state index contributed by atoms with van der Waals surface area (Å²) in [5.74, 6) is 3.61. The maximum absolute atomic E-state index is 12.1. The van der Waals surface area contributed by atoms with Crippen molar-refractivity contribution >= 4 is 11.0 Å². The third-order valence-corrected chi connectivity index (χ3v) is 8.72. The lowest BCUT2D eigenvalue weighted by atomic mass is 9.53. The number of imidazole rings is 1. The molecule has 6 nitrogen and oxygen atoms in total. The van der Waals surface area contributed by atoms with Gasteiger partial charge < -0.3 is 15.2 Å². The van der Waals surface area contributed by atoms with Gasteiger partial charge in [-0.25, -0.2) is 4.79 Å². The third kappa shape index (κ3) is 3.87. The van der Waals surface area contributed by atoms with Crippen LogP contribution in [-0.2, 0) is 20.6 Å². The predicted molar refractivity (Wildman–Crippen MR) is 133 cm³/mol. The van der Waals surface area contributed by atoms with E-state index in [0.29, 0.717) is 5.54 Å². The SMILES string of the molecule is Cn1c(=O)n(C)c2cc([C@@H](O)COc3ccc(CNC45CC6CC(CC(C6)C4)C5)cc3)ccc21. The van der Waals surface area contributed by atoms with E-state index in [9.17, 15) is 9.90 Å². The van der Waals surface area contributed by atoms with Crippen LogP contribution in [0.15, 0.2) is 47.3 Å². The zero-order valence-corrected chi connectivity index (χ0v) is 20.2. The molecular formula is C28H35N3O3. The Morgan fingerprint density at radius 3 is 2.24 bits per heavy atom. The highest BCUT2D eigenvalue weighted by molar-refractivity contribution is 5.77. The highest BCUT2D eigenvalue weighted by atomic mass is 16.5. The van der Waals surface area contributed by atoms with Gasteiger partial charge in [0.05, 0.1) is 11.0 Å². The molecule has 0 amide bonds. The minimum Gasteiger partial charge on any atom is -0.491 e. The number of rotatable bonds is 7. The molecule has 34 heavy (non-hydrogen) atoms. The molecule has 4 fully saturated rings. The average Bonchev–Trinajstić information content (AvgIpc) is 3.04. The number of aliphatic hydroxyl groups is 1. The van der Waals surface area contributed by atoms with Crippen LogP contribution in [0.25, 0.3) is 11.0 Å². The van der Waals surface area contributed by atoms with E-state index in [1.165, 1.54) is 44.1 Å². The standard InChI is InChI=1S/C28H35N3O3/c1-30-24-8-5-22(12-25(24)31(2)27(30)33)26(32)17-34-23-6-3-18(4-7-23)16-29-28-13-19-9-20(14-28)11-21(10-19)15-28/h3-8,12,19-21,26,29,32H,9-11,13-17H2,1-2H3/t19?,20?,21?,26-,28?/m0/s1. The van der Waals surface area contributed by atoms with Crippen LogP contribution in [0, 0.1) is 17.8 Å². The first-order chi connectivity index (χ1) is 16.4. The molecule has 1 atom stereocenters. The van der Waals surface area contributed by atoms with Gasteiger partial charge >= 0.3 is 5.69 Å². The number of nitrogens with zero attached hydrogens (tertiary/aromatic N) is 2. The molecule has 0 radical (unpaired) electrons. The molecule has 4 aliphatic carbocycles. The van der Waals surface area contributed by atoms with Gasteiger partial charge in [-0.05, 0) is 91.7 Å². The van der Waals surface area contributed by atoms with Crippen molar-refractivity contribution in [3.05, 3.63) is 64.1 Å². The van der Waals surface area contributed by atoms with Crippen molar-refractivity contribution < 1.29 is 9.84 Å². The van der Waals surface area contributed by atoms with Crippen LogP contribution in [0.4, 0.5) is 0 Å². The number of hydrogen-bond donors (Lipinski definition) is 2. The van der Waals surface area contributed by atoms with Crippen molar-refractivity contribution in [1.82, 2.24) is 14.5 Å². The number of aromatic nitrogens is 2. The van der Waals surface area contributed by atoms with Crippen LogP contribution in [0.3, 0.4) is 0 Å². The van der Waals surface area contributed by atoms with E-state index < -0.39 is 6.10 Å². The van der Waals surface area contributed by atoms with E-state index in [2.05, 4.69) is 17.4 Å². The normalized spacial score (nSPS) is 28.5. The van der Waals surface area contributed by atoms with Crippen molar-refractivity contribution in [3.8, 4) is 5.75 Å². The average molecular weight is 462 g/mol. The van der Waals surface area contributed by atoms with Gasteiger partial charge in [-0.15, -0.1) is 0 Å². The summed E-state index contributed by atoms with van der Waals surface area (Å²) in [5.41, 5.74) is 3.97. The Kier molecular flexibility index (Phi) is 5.34. The van der Waals surface area contributed by atoms with E-state index in [0.717, 1.165) is 46.6 Å². The van der Waals surface area contributed by atoms with Crippen molar-refractivity contribution in [3.63, 3.8) is 0 Å². The van der Waals surface area contributed by atoms with E-state index in [4.69, 9.17) is 4.74 Å². The van der Waals surface area contributed by atoms with Crippen molar-refractivity contribution in [1.29, 1.82) is 0 Å². The first kappa shape index (κ1) is 21.9. The fourth-order valence-corrected chi connectivity index (χ4v) is 7.32. The predicted octanol–water partition coefficient (Wildman–Crippen LogP) is 4.05. The Morgan fingerprint density at radius 1 is 0.971 bits per heavy atom. The van der Waals surface area contributed by atoms with Crippen molar-refractivity contribution in [2.24, 2.45) is 31.8 Å². The van der Waals surface area contributed by atoms with Gasteiger partial charge in [0.15, 0.2) is 0 Å². The molecule has 6 heteroatoms. The second-order valence-corrected chi connectivity index (χ2v) is 11.2. The zero-order chi connectivity index (χ0) is 23.4. The lowest BCUT2D eigenvalue weighted by Crippen LogP contribution is -2.58. The summed E-state index contributed by atoms with van der Waals surface area (Å²) in [4.78, 5) is 12.1. The van der Waals surface area contributed by atoms with Crippen molar-refractivity contribution in [2.75, 3.05) is 6.61 Å². The second-order valence-electron chi connectivity index (χ2n) is 11.2. The molecule has 7 rings (SSSR count). The maximum atomic E-state index is 12.1. The molecule has 1 heterocycles. The molecule has 0 spiro atoms. The Balaban J connectivity index is 1.05. The minimum atomic E-state index is -0.767. The maximum Gasteiger partial charge on any atom is 0.328 e. The number of aryl methyl sites for hydroxylation is 2. The van der Waals surface area contributed by atoms with Gasteiger partial charge in [0, 0.05) is 26.2 Å². The molecular weight excluding hydrogens is 426 g/mol. The number of hydrogen-bond acceptors (Lipinski definition) is 4. The number of ether oxygens (including phenoxy) is 1. The van der Waals surface area contributed by atoms with Crippen LogP contribution < -0.4 is 15.7 Å². The summed E-state index contributed by atoms with van der Waals surface area (Å²) in [6.45, 7) is 1.07. The van der Waals surface area contributed by atoms with Gasteiger partial charge in [-0.1, -0.05) is 18.2 Å². The summed E-state index contributed by atoms with van der Waals surface area (Å²) in [5, 5.41) is 14.6. The summed E-state index contributed by atoms with van der Waals surface area (Å²) < 4.78 is 9.10. The lowest BCUT2D eigenvalue weighted by Gasteiger charge is -2.57. The first-order valence-corrected chi connectivity index (χ1v) is 12.7. The van der Waals surface area contributed by atoms with Gasteiger partial charge in [0.25, 0.3) is 0 Å². The summed E-state index contributed by atoms with van der Waals surface area (Å²) in [6, 6.07) is 13.8. The van der Waals surface area contributed by atoms with E-state index >= 15 is 0 Å². The molecule has 180 valence electrons. The van der Waals surface area contributed by atoms with Crippen molar-refractivity contribution in [2.45, 2.75) is 56.7 Å². The van der Waals surface area contributed by atoms with E-state index in [-0.39, 0.29) is 12.3 Å². The Morgan fingerprint density at radius 2 is 1.59 bits per heavy atom. The molecule has 4 saturated carbocycles. The molecule has 0 aliphatic heterocycles. The number of nitrogens with one attached hydrogen (secondary N) is 1. The summed E-state index contributed by atoms with van der Waals surface area (Å²) in [6.07, 6.45) is 7.73. The molecule has 1 aromatic heterocycles. The molecule has 0 unspecified atom stereocenters. The summed E-state index contributed by atoms with van der Waals surface area (Å²) in [7, 11) is 3.50. The van der Waals surface area contributed by atoms with Crippen LogP contribution in [0.1, 0.15) is 55.8 Å². The van der Waals surface area contributed by atoms with Crippen LogP contribution in [0.2, 0.25) is 0 Å². The first-order valence-electron chi connectivity index (χ1n) is 12.7. The molecule has 4 bridgehead atoms. The third-order valence-electron chi connectivity index (χ3n) is 8.72. The highest BCUT2D eigenvalue weighted by Crippen LogP contribution is 2.55. The summed E-state index contributed by atoms with van der Waals surface area (Å²) >= 11 is 0. The van der Waals surface area contributed by atoms with Crippen LogP contribution in [0.5, 0.6) is 5.75 Å². The Hall–Kier alpha value is -2.57. The second kappa shape index (κ2) is 8.28. The quantitative estimate of drug-likeness (QED) is 0.557. The monoisotopic (exact) mass is 461 g/mol. The van der Waals surface area contributed by atoms with Gasteiger partial charge in [-0.3, -0.25) is 9.13 Å². The molecule has 0 saturated heterocycles. The molecule has 3 aromatic rings. The van der Waals surface area contributed by atoms with Crippen LogP contribution >= 0.6 is 0 Å². The lowest BCUT2D eigenvalue weighted by molar-refractivity contribution is -0.0206.